The Balaban J connectivity index is 2.13. The van der Waals surface area contributed by atoms with Gasteiger partial charge in [-0.25, -0.2) is 13.4 Å². The molecule has 10 heteroatoms. The van der Waals surface area contributed by atoms with Crippen molar-refractivity contribution in [1.82, 2.24) is 19.4 Å². The Labute approximate surface area is 163 Å². The summed E-state index contributed by atoms with van der Waals surface area (Å²) in [7, 11) is 0.900. The molecule has 0 radical (unpaired) electrons. The van der Waals surface area contributed by atoms with Gasteiger partial charge in [0.2, 0.25) is 10.0 Å². The van der Waals surface area contributed by atoms with Crippen LogP contribution in [0.3, 0.4) is 0 Å². The van der Waals surface area contributed by atoms with Crippen molar-refractivity contribution >= 4 is 10.0 Å². The molecule has 0 fully saturated rings. The maximum absolute atomic E-state index is 13.1. The van der Waals surface area contributed by atoms with Crippen LogP contribution in [0.1, 0.15) is 28.9 Å². The number of nitrogens with one attached hydrogen (secondary N) is 1. The Kier molecular flexibility index (Phi) is 5.43. The van der Waals surface area contributed by atoms with E-state index in [2.05, 4.69) is 14.9 Å². The molecule has 1 unspecified atom stereocenters. The largest absolute Gasteiger partial charge is 0.497 e. The van der Waals surface area contributed by atoms with Crippen LogP contribution in [-0.4, -0.2) is 37.3 Å². The van der Waals surface area contributed by atoms with E-state index in [4.69, 9.17) is 14.0 Å². The monoisotopic (exact) mass is 406 g/mol. The molecule has 0 aliphatic carbocycles. The first-order chi connectivity index (χ1) is 13.3. The van der Waals surface area contributed by atoms with E-state index in [9.17, 15) is 8.42 Å². The van der Waals surface area contributed by atoms with Crippen molar-refractivity contribution in [3.05, 3.63) is 53.4 Å². The number of ether oxygens (including phenoxy) is 2. The van der Waals surface area contributed by atoms with E-state index in [1.54, 1.807) is 56.1 Å². The van der Waals surface area contributed by atoms with Crippen LogP contribution in [0, 0.1) is 13.8 Å². The van der Waals surface area contributed by atoms with Crippen LogP contribution in [0.2, 0.25) is 0 Å². The fourth-order valence-electron chi connectivity index (χ4n) is 2.99. The summed E-state index contributed by atoms with van der Waals surface area (Å²) in [6, 6.07) is 4.39. The Morgan fingerprint density at radius 2 is 1.79 bits per heavy atom. The Bertz CT molecular complexity index is 1050. The van der Waals surface area contributed by atoms with E-state index in [1.165, 1.54) is 14.2 Å². The smallest absolute Gasteiger partial charge is 0.246 e. The first kappa shape index (κ1) is 19.9. The summed E-state index contributed by atoms with van der Waals surface area (Å²) in [6.07, 6.45) is 3.34. The number of hydrogen-bond donors (Lipinski definition) is 1. The molecular formula is C18H22N4O5S. The molecule has 0 spiro atoms. The van der Waals surface area contributed by atoms with Gasteiger partial charge in [-0.05, 0) is 31.5 Å². The lowest BCUT2D eigenvalue weighted by molar-refractivity contribution is 0.390. The number of aryl methyl sites for hydroxylation is 3. The Morgan fingerprint density at radius 1 is 1.14 bits per heavy atom. The molecule has 1 aromatic carbocycles. The van der Waals surface area contributed by atoms with E-state index in [0.717, 1.165) is 0 Å². The van der Waals surface area contributed by atoms with Crippen LogP contribution >= 0.6 is 0 Å². The van der Waals surface area contributed by atoms with Crippen LogP contribution in [0.4, 0.5) is 0 Å². The lowest BCUT2D eigenvalue weighted by atomic mass is 10.1. The van der Waals surface area contributed by atoms with Crippen molar-refractivity contribution in [3.8, 4) is 11.5 Å². The topological polar surface area (TPSA) is 108 Å². The number of aromatic nitrogens is 3. The number of rotatable bonds is 7. The second-order valence-corrected chi connectivity index (χ2v) is 7.90. The number of benzene rings is 1. The van der Waals surface area contributed by atoms with E-state index in [1.807, 2.05) is 0 Å². The summed E-state index contributed by atoms with van der Waals surface area (Å²) in [5.41, 5.74) is 0.896. The van der Waals surface area contributed by atoms with Gasteiger partial charge in [-0.1, -0.05) is 5.16 Å². The highest BCUT2D eigenvalue weighted by atomic mass is 32.2. The lowest BCUT2D eigenvalue weighted by Gasteiger charge is -2.20. The van der Waals surface area contributed by atoms with E-state index in [0.29, 0.717) is 22.9 Å². The highest BCUT2D eigenvalue weighted by Gasteiger charge is 2.30. The number of methoxy groups -OCH3 is 2. The number of imidazole rings is 1. The summed E-state index contributed by atoms with van der Waals surface area (Å²) >= 11 is 0. The van der Waals surface area contributed by atoms with Crippen LogP contribution in [-0.2, 0) is 17.1 Å². The van der Waals surface area contributed by atoms with Crippen LogP contribution in [0.15, 0.2) is 40.0 Å². The van der Waals surface area contributed by atoms with Gasteiger partial charge >= 0.3 is 0 Å². The van der Waals surface area contributed by atoms with Gasteiger partial charge in [0.15, 0.2) is 5.76 Å². The van der Waals surface area contributed by atoms with Gasteiger partial charge in [0.1, 0.15) is 34.0 Å². The van der Waals surface area contributed by atoms with Crippen molar-refractivity contribution in [1.29, 1.82) is 0 Å². The SMILES string of the molecule is COc1cc(OC)cc(C(NS(=O)(=O)c2c(C)noc2C)c2nccn2C)c1. The molecule has 0 aliphatic heterocycles. The maximum atomic E-state index is 13.1. The minimum absolute atomic E-state index is 0.0153. The van der Waals surface area contributed by atoms with E-state index < -0.39 is 16.1 Å². The molecule has 2 aromatic heterocycles. The zero-order chi connectivity index (χ0) is 20.5. The predicted octanol–water partition coefficient (Wildman–Crippen LogP) is 2.11. The third-order valence-electron chi connectivity index (χ3n) is 4.33. The minimum atomic E-state index is -3.95. The zero-order valence-corrected chi connectivity index (χ0v) is 17.1. The second kappa shape index (κ2) is 7.64. The van der Waals surface area contributed by atoms with Gasteiger partial charge in [0.05, 0.1) is 14.2 Å². The summed E-state index contributed by atoms with van der Waals surface area (Å²) in [6.45, 7) is 3.13. The van der Waals surface area contributed by atoms with Gasteiger partial charge in [0, 0.05) is 25.5 Å². The lowest BCUT2D eigenvalue weighted by Crippen LogP contribution is -2.31. The molecule has 28 heavy (non-hydrogen) atoms. The summed E-state index contributed by atoms with van der Waals surface area (Å²) in [4.78, 5) is 4.34. The van der Waals surface area contributed by atoms with Crippen LogP contribution < -0.4 is 14.2 Å². The highest BCUT2D eigenvalue weighted by Crippen LogP contribution is 2.31. The molecule has 0 amide bonds. The molecule has 1 N–H and O–H groups in total. The van der Waals surface area contributed by atoms with Crippen molar-refractivity contribution in [2.24, 2.45) is 7.05 Å². The molecule has 0 aliphatic rings. The quantitative estimate of drug-likeness (QED) is 0.640. The molecule has 3 rings (SSSR count). The van der Waals surface area contributed by atoms with Crippen molar-refractivity contribution in [2.75, 3.05) is 14.2 Å². The number of hydrogen-bond acceptors (Lipinski definition) is 7. The van der Waals surface area contributed by atoms with Crippen LogP contribution in [0.25, 0.3) is 0 Å². The number of sulfonamides is 1. The van der Waals surface area contributed by atoms with E-state index >= 15 is 0 Å². The molecule has 0 saturated carbocycles. The van der Waals surface area contributed by atoms with Gasteiger partial charge in [-0.3, -0.25) is 0 Å². The second-order valence-electron chi connectivity index (χ2n) is 6.25. The Hall–Kier alpha value is -2.85. The average molecular weight is 406 g/mol. The molecule has 1 atom stereocenters. The molecule has 0 bridgehead atoms. The average Bonchev–Trinajstić information content (AvgIpc) is 3.24. The number of nitrogens with zero attached hydrogens (tertiary/aromatic N) is 3. The molecule has 150 valence electrons. The first-order valence-corrected chi connectivity index (χ1v) is 9.90. The normalized spacial score (nSPS) is 12.8. The maximum Gasteiger partial charge on any atom is 0.246 e. The third-order valence-corrected chi connectivity index (χ3v) is 6.00. The predicted molar refractivity (Wildman–Crippen MR) is 101 cm³/mol. The summed E-state index contributed by atoms with van der Waals surface area (Å²) in [5, 5.41) is 3.74. The molecular weight excluding hydrogens is 384 g/mol. The van der Waals surface area contributed by atoms with Crippen molar-refractivity contribution in [3.63, 3.8) is 0 Å². The van der Waals surface area contributed by atoms with Gasteiger partial charge in [-0.15, -0.1) is 0 Å². The summed E-state index contributed by atoms with van der Waals surface area (Å²) < 4.78 is 46.4. The fraction of sp³-hybridized carbons (Fsp3) is 0.333. The van der Waals surface area contributed by atoms with Gasteiger partial charge < -0.3 is 18.6 Å². The fourth-order valence-corrected chi connectivity index (χ4v) is 4.51. The van der Waals surface area contributed by atoms with Gasteiger partial charge in [0.25, 0.3) is 0 Å². The summed E-state index contributed by atoms with van der Waals surface area (Å²) in [5.74, 6) is 1.78. The highest BCUT2D eigenvalue weighted by molar-refractivity contribution is 7.89. The molecule has 3 aromatic rings. The van der Waals surface area contributed by atoms with Crippen molar-refractivity contribution < 1.29 is 22.4 Å². The van der Waals surface area contributed by atoms with E-state index in [-0.39, 0.29) is 16.3 Å². The van der Waals surface area contributed by atoms with Crippen LogP contribution in [0.5, 0.6) is 11.5 Å². The third kappa shape index (κ3) is 3.73. The molecule has 0 saturated heterocycles. The van der Waals surface area contributed by atoms with Gasteiger partial charge in [-0.2, -0.15) is 4.72 Å². The zero-order valence-electron chi connectivity index (χ0n) is 16.3. The Morgan fingerprint density at radius 3 is 2.25 bits per heavy atom. The van der Waals surface area contributed by atoms with Crippen molar-refractivity contribution in [2.45, 2.75) is 24.8 Å². The molecule has 9 nitrogen and oxygen atoms in total. The minimum Gasteiger partial charge on any atom is -0.497 e. The standard InChI is InChI=1S/C18H22N4O5S/c1-11-17(12(2)27-20-11)28(23,24)21-16(18-19-6-7-22(18)3)13-8-14(25-4)10-15(9-13)26-5/h6-10,16,21H,1-5H3. The first-order valence-electron chi connectivity index (χ1n) is 8.42. The molecule has 2 heterocycles.